The minimum Gasteiger partial charge on any atom is -0.323 e. The van der Waals surface area contributed by atoms with Crippen LogP contribution in [-0.2, 0) is 13.0 Å². The van der Waals surface area contributed by atoms with Crippen LogP contribution in [0.5, 0.6) is 0 Å². The molecule has 1 aromatic carbocycles. The average molecular weight is 251 g/mol. The molecule has 1 nitrogen and oxygen atoms in total. The normalized spacial score (nSPS) is 14.4. The first-order valence-corrected chi connectivity index (χ1v) is 6.56. The van der Waals surface area contributed by atoms with Gasteiger partial charge in [0, 0.05) is 11.9 Å². The third kappa shape index (κ3) is 1.40. The van der Waals surface area contributed by atoms with Crippen LogP contribution in [0.3, 0.4) is 0 Å². The Hall–Kier alpha value is -0.580. The summed E-state index contributed by atoms with van der Waals surface area (Å²) in [4.78, 5) is 0. The number of rotatable bonds is 0. The van der Waals surface area contributed by atoms with E-state index in [9.17, 15) is 0 Å². The van der Waals surface area contributed by atoms with Gasteiger partial charge in [0.1, 0.15) is 3.82 Å². The standard InChI is InChI=1S/C11H9NS3/c13-10-8-5-1-3-7-4-2-6-12(9(7)8)11(14)15-10/h1,3,5H,2,4,6H2. The van der Waals surface area contributed by atoms with Crippen molar-refractivity contribution in [2.75, 3.05) is 0 Å². The summed E-state index contributed by atoms with van der Waals surface area (Å²) in [5, 5.41) is 1.20. The van der Waals surface area contributed by atoms with E-state index in [1.165, 1.54) is 22.9 Å². The van der Waals surface area contributed by atoms with Gasteiger partial charge in [-0.15, -0.1) is 0 Å². The molecule has 0 amide bonds. The van der Waals surface area contributed by atoms with E-state index < -0.39 is 0 Å². The van der Waals surface area contributed by atoms with Crippen LogP contribution in [-0.4, -0.2) is 4.57 Å². The maximum atomic E-state index is 5.37. The van der Waals surface area contributed by atoms with Gasteiger partial charge in [-0.25, -0.2) is 0 Å². The zero-order valence-electron chi connectivity index (χ0n) is 8.03. The second-order valence-corrected chi connectivity index (χ2v) is 6.03. The van der Waals surface area contributed by atoms with Crippen molar-refractivity contribution in [3.63, 3.8) is 0 Å². The highest BCUT2D eigenvalue weighted by molar-refractivity contribution is 7.76. The van der Waals surface area contributed by atoms with Crippen molar-refractivity contribution in [3.05, 3.63) is 31.5 Å². The molecule has 0 fully saturated rings. The average Bonchev–Trinajstić information content (AvgIpc) is 2.25. The zero-order chi connectivity index (χ0) is 10.4. The van der Waals surface area contributed by atoms with Crippen LogP contribution in [0.25, 0.3) is 10.9 Å². The summed E-state index contributed by atoms with van der Waals surface area (Å²) in [6.45, 7) is 1.04. The highest BCUT2D eigenvalue weighted by atomic mass is 32.2. The van der Waals surface area contributed by atoms with Crippen LogP contribution in [0.2, 0.25) is 0 Å². The number of para-hydroxylation sites is 1. The Bertz CT molecular complexity index is 651. The summed E-state index contributed by atoms with van der Waals surface area (Å²) >= 11 is 12.3. The summed E-state index contributed by atoms with van der Waals surface area (Å²) in [7, 11) is 0. The number of benzene rings is 1. The van der Waals surface area contributed by atoms with Gasteiger partial charge in [-0.2, -0.15) is 0 Å². The fraction of sp³-hybridized carbons (Fsp3) is 0.273. The van der Waals surface area contributed by atoms with Crippen molar-refractivity contribution < 1.29 is 0 Å². The van der Waals surface area contributed by atoms with Gasteiger partial charge in [-0.05, 0) is 30.6 Å². The molecule has 1 aliphatic rings. The maximum Gasteiger partial charge on any atom is 0.162 e. The Morgan fingerprint density at radius 2 is 2.13 bits per heavy atom. The molecule has 1 aliphatic heterocycles. The van der Waals surface area contributed by atoms with E-state index in [0.29, 0.717) is 0 Å². The molecule has 76 valence electrons. The number of nitrogens with zero attached hydrogens (tertiary/aromatic N) is 1. The van der Waals surface area contributed by atoms with Crippen molar-refractivity contribution in [1.29, 1.82) is 0 Å². The van der Waals surface area contributed by atoms with Gasteiger partial charge in [0.2, 0.25) is 0 Å². The van der Waals surface area contributed by atoms with Crippen LogP contribution >= 0.6 is 35.8 Å². The van der Waals surface area contributed by atoms with Crippen LogP contribution in [0.15, 0.2) is 18.2 Å². The van der Waals surface area contributed by atoms with Gasteiger partial charge in [-0.1, -0.05) is 41.8 Å². The molecule has 0 radical (unpaired) electrons. The number of hydrogen-bond acceptors (Lipinski definition) is 3. The minimum absolute atomic E-state index is 0.916. The van der Waals surface area contributed by atoms with Gasteiger partial charge in [-0.3, -0.25) is 0 Å². The van der Waals surface area contributed by atoms with Gasteiger partial charge in [0.15, 0.2) is 3.95 Å². The van der Waals surface area contributed by atoms with Crippen LogP contribution in [0.4, 0.5) is 0 Å². The summed E-state index contributed by atoms with van der Waals surface area (Å²) in [5.74, 6) is 0. The summed E-state index contributed by atoms with van der Waals surface area (Å²) in [5.41, 5.74) is 2.67. The smallest absolute Gasteiger partial charge is 0.162 e. The van der Waals surface area contributed by atoms with E-state index in [1.807, 2.05) is 0 Å². The van der Waals surface area contributed by atoms with Gasteiger partial charge < -0.3 is 4.57 Å². The lowest BCUT2D eigenvalue weighted by Crippen LogP contribution is -2.10. The topological polar surface area (TPSA) is 4.93 Å². The predicted molar refractivity (Wildman–Crippen MR) is 69.8 cm³/mol. The molecule has 2 heterocycles. The summed E-state index contributed by atoms with van der Waals surface area (Å²) in [6.07, 6.45) is 2.33. The highest BCUT2D eigenvalue weighted by Crippen LogP contribution is 2.28. The van der Waals surface area contributed by atoms with Crippen molar-refractivity contribution >= 4 is 46.7 Å². The molecule has 15 heavy (non-hydrogen) atoms. The monoisotopic (exact) mass is 251 g/mol. The van der Waals surface area contributed by atoms with Crippen LogP contribution in [0.1, 0.15) is 12.0 Å². The lowest BCUT2D eigenvalue weighted by Gasteiger charge is -2.19. The SMILES string of the molecule is S=c1sc(=S)n2c3c(cccc13)CCC2. The first-order valence-electron chi connectivity index (χ1n) is 4.93. The van der Waals surface area contributed by atoms with E-state index in [0.717, 1.165) is 20.7 Å². The fourth-order valence-corrected chi connectivity index (χ4v) is 3.91. The third-order valence-electron chi connectivity index (χ3n) is 2.84. The van der Waals surface area contributed by atoms with Gasteiger partial charge in [0.25, 0.3) is 0 Å². The zero-order valence-corrected chi connectivity index (χ0v) is 10.5. The van der Waals surface area contributed by atoms with E-state index in [-0.39, 0.29) is 0 Å². The molecule has 0 atom stereocenters. The molecule has 1 aromatic heterocycles. The largest absolute Gasteiger partial charge is 0.323 e. The quantitative estimate of drug-likeness (QED) is 0.649. The van der Waals surface area contributed by atoms with Gasteiger partial charge in [0.05, 0.1) is 5.52 Å². The fourth-order valence-electron chi connectivity index (χ4n) is 2.19. The van der Waals surface area contributed by atoms with Crippen molar-refractivity contribution in [1.82, 2.24) is 4.57 Å². The molecule has 0 spiro atoms. The summed E-state index contributed by atoms with van der Waals surface area (Å²) < 4.78 is 4.08. The van der Waals surface area contributed by atoms with Crippen molar-refractivity contribution in [2.24, 2.45) is 0 Å². The molecule has 3 rings (SSSR count). The first kappa shape index (κ1) is 9.63. The highest BCUT2D eigenvalue weighted by Gasteiger charge is 2.12. The first-order chi connectivity index (χ1) is 7.27. The predicted octanol–water partition coefficient (Wildman–Crippen LogP) is 4.11. The second-order valence-electron chi connectivity index (χ2n) is 3.72. The van der Waals surface area contributed by atoms with E-state index >= 15 is 0 Å². The third-order valence-corrected chi connectivity index (χ3v) is 4.58. The summed E-state index contributed by atoms with van der Waals surface area (Å²) in [6, 6.07) is 6.39. The molecule has 2 aromatic rings. The number of hydrogen-bond donors (Lipinski definition) is 0. The Morgan fingerprint density at radius 1 is 1.27 bits per heavy atom. The Labute approximate surface area is 102 Å². The van der Waals surface area contributed by atoms with Crippen molar-refractivity contribution in [3.8, 4) is 0 Å². The number of aromatic nitrogens is 1. The minimum atomic E-state index is 0.916. The molecule has 0 N–H and O–H groups in total. The molecular weight excluding hydrogens is 242 g/mol. The van der Waals surface area contributed by atoms with Crippen LogP contribution < -0.4 is 0 Å². The maximum absolute atomic E-state index is 5.37. The molecule has 0 saturated heterocycles. The van der Waals surface area contributed by atoms with Crippen molar-refractivity contribution in [2.45, 2.75) is 19.4 Å². The lowest BCUT2D eigenvalue weighted by molar-refractivity contribution is 0.631. The van der Waals surface area contributed by atoms with E-state index in [2.05, 4.69) is 22.8 Å². The lowest BCUT2D eigenvalue weighted by atomic mass is 10.0. The van der Waals surface area contributed by atoms with E-state index in [1.54, 1.807) is 11.3 Å². The van der Waals surface area contributed by atoms with Crippen LogP contribution in [0, 0.1) is 7.78 Å². The molecule has 4 heteroatoms. The molecule has 0 unspecified atom stereocenters. The second kappa shape index (κ2) is 3.47. The Balaban J connectivity index is 2.65. The molecule has 0 bridgehead atoms. The molecular formula is C11H9NS3. The molecule has 0 saturated carbocycles. The molecule has 0 aliphatic carbocycles. The van der Waals surface area contributed by atoms with E-state index in [4.69, 9.17) is 24.4 Å². The van der Waals surface area contributed by atoms with Gasteiger partial charge >= 0.3 is 0 Å². The Kier molecular flexibility index (Phi) is 2.23. The Morgan fingerprint density at radius 3 is 3.00 bits per heavy atom. The number of aryl methyl sites for hydroxylation is 2.